The van der Waals surface area contributed by atoms with E-state index >= 15 is 0 Å². The first-order valence-corrected chi connectivity index (χ1v) is 6.92. The average molecular weight is 336 g/mol. The third-order valence-electron chi connectivity index (χ3n) is 2.82. The molecule has 0 saturated heterocycles. The lowest BCUT2D eigenvalue weighted by Gasteiger charge is -2.14. The summed E-state index contributed by atoms with van der Waals surface area (Å²) >= 11 is 0. The van der Waals surface area contributed by atoms with E-state index in [9.17, 15) is 4.79 Å². The highest BCUT2D eigenvalue weighted by Crippen LogP contribution is 2.04. The summed E-state index contributed by atoms with van der Waals surface area (Å²) in [5.74, 6) is 0.397. The Morgan fingerprint density at radius 2 is 1.76 bits per heavy atom. The monoisotopic (exact) mass is 335 g/mol. The highest BCUT2D eigenvalue weighted by molar-refractivity contribution is 5.85. The average Bonchev–Trinajstić information content (AvgIpc) is 2.38. The molecule has 0 heterocycles. The van der Waals surface area contributed by atoms with Crippen LogP contribution >= 0.6 is 24.8 Å². The molecule has 6 heteroatoms. The molecule has 1 aromatic rings. The Morgan fingerprint density at radius 1 is 1.14 bits per heavy atom. The van der Waals surface area contributed by atoms with Crippen molar-refractivity contribution in [2.24, 2.45) is 11.7 Å². The van der Waals surface area contributed by atoms with Gasteiger partial charge in [-0.15, -0.1) is 24.8 Å². The van der Waals surface area contributed by atoms with Crippen LogP contribution in [0.2, 0.25) is 0 Å². The number of anilines is 1. The third kappa shape index (κ3) is 10.4. The number of hydrogen-bond acceptors (Lipinski definition) is 3. The quantitative estimate of drug-likeness (QED) is 0.640. The van der Waals surface area contributed by atoms with Crippen molar-refractivity contribution in [3.05, 3.63) is 30.3 Å². The number of halogens is 2. The molecule has 21 heavy (non-hydrogen) atoms. The number of rotatable bonds is 8. The largest absolute Gasteiger partial charge is 0.385 e. The van der Waals surface area contributed by atoms with Crippen molar-refractivity contribution in [2.75, 3.05) is 18.4 Å². The molecule has 0 radical (unpaired) electrons. The molecule has 0 aromatic heterocycles. The van der Waals surface area contributed by atoms with E-state index in [0.717, 1.165) is 25.1 Å². The van der Waals surface area contributed by atoms with E-state index in [1.54, 1.807) is 0 Å². The molecule has 0 unspecified atom stereocenters. The summed E-state index contributed by atoms with van der Waals surface area (Å²) in [6.45, 7) is 5.63. The molecule has 0 bridgehead atoms. The van der Waals surface area contributed by atoms with Crippen LogP contribution < -0.4 is 16.4 Å². The fourth-order valence-corrected chi connectivity index (χ4v) is 1.83. The SMILES string of the molecule is CC(C)C[C@H](N)C(=O)NCCCNc1ccccc1.Cl.Cl. The van der Waals surface area contributed by atoms with Crippen LogP contribution in [-0.2, 0) is 4.79 Å². The number of amides is 1. The molecule has 1 rings (SSSR count). The molecule has 1 aromatic carbocycles. The van der Waals surface area contributed by atoms with Crippen molar-refractivity contribution >= 4 is 36.4 Å². The summed E-state index contributed by atoms with van der Waals surface area (Å²) < 4.78 is 0. The van der Waals surface area contributed by atoms with Gasteiger partial charge >= 0.3 is 0 Å². The van der Waals surface area contributed by atoms with E-state index in [4.69, 9.17) is 5.73 Å². The predicted octanol–water partition coefficient (Wildman–Crippen LogP) is 2.82. The smallest absolute Gasteiger partial charge is 0.236 e. The normalized spacial score (nSPS) is 11.0. The molecule has 4 nitrogen and oxygen atoms in total. The van der Waals surface area contributed by atoms with E-state index in [1.807, 2.05) is 30.3 Å². The van der Waals surface area contributed by atoms with E-state index in [2.05, 4.69) is 24.5 Å². The van der Waals surface area contributed by atoms with Gasteiger partial charge in [-0.2, -0.15) is 0 Å². The number of nitrogens with two attached hydrogens (primary N) is 1. The van der Waals surface area contributed by atoms with Gasteiger partial charge in [0.15, 0.2) is 0 Å². The zero-order chi connectivity index (χ0) is 14.1. The van der Waals surface area contributed by atoms with E-state index in [0.29, 0.717) is 12.5 Å². The van der Waals surface area contributed by atoms with Gasteiger partial charge in [-0.1, -0.05) is 32.0 Å². The van der Waals surface area contributed by atoms with Crippen LogP contribution in [0, 0.1) is 5.92 Å². The Labute approximate surface area is 140 Å². The summed E-state index contributed by atoms with van der Waals surface area (Å²) in [7, 11) is 0. The molecule has 1 atom stereocenters. The lowest BCUT2D eigenvalue weighted by atomic mass is 10.0. The number of nitrogens with one attached hydrogen (secondary N) is 2. The van der Waals surface area contributed by atoms with Gasteiger partial charge in [0, 0.05) is 18.8 Å². The van der Waals surface area contributed by atoms with Crippen molar-refractivity contribution in [2.45, 2.75) is 32.7 Å². The molecule has 0 aliphatic carbocycles. The van der Waals surface area contributed by atoms with Gasteiger partial charge in [0.05, 0.1) is 6.04 Å². The van der Waals surface area contributed by atoms with Gasteiger partial charge in [-0.05, 0) is 30.9 Å². The summed E-state index contributed by atoms with van der Waals surface area (Å²) in [6.07, 6.45) is 1.61. The van der Waals surface area contributed by atoms with Crippen LogP contribution in [0.25, 0.3) is 0 Å². The van der Waals surface area contributed by atoms with E-state index < -0.39 is 0 Å². The predicted molar refractivity (Wildman–Crippen MR) is 94.5 cm³/mol. The maximum atomic E-state index is 11.7. The summed E-state index contributed by atoms with van der Waals surface area (Å²) in [6, 6.07) is 9.64. The number of carbonyl (C=O) groups is 1. The first-order valence-electron chi connectivity index (χ1n) is 6.92. The Morgan fingerprint density at radius 3 is 2.33 bits per heavy atom. The zero-order valence-corrected chi connectivity index (χ0v) is 14.3. The van der Waals surface area contributed by atoms with Crippen molar-refractivity contribution in [3.63, 3.8) is 0 Å². The fraction of sp³-hybridized carbons (Fsp3) is 0.533. The molecular formula is C15H27Cl2N3O. The Hall–Kier alpha value is -0.970. The van der Waals surface area contributed by atoms with Crippen molar-refractivity contribution in [1.29, 1.82) is 0 Å². The standard InChI is InChI=1S/C15H25N3O.2ClH/c1-12(2)11-14(16)15(19)18-10-6-9-17-13-7-4-3-5-8-13;;/h3-5,7-8,12,14,17H,6,9-11,16H2,1-2H3,(H,18,19);2*1H/t14-;;/m0../s1. The van der Waals surface area contributed by atoms with Gasteiger partial charge in [-0.25, -0.2) is 0 Å². The maximum Gasteiger partial charge on any atom is 0.236 e. The second kappa shape index (κ2) is 12.7. The van der Waals surface area contributed by atoms with Crippen molar-refractivity contribution in [3.8, 4) is 0 Å². The Bertz CT molecular complexity index is 374. The number of para-hydroxylation sites is 1. The molecule has 122 valence electrons. The summed E-state index contributed by atoms with van der Waals surface area (Å²) in [5, 5.41) is 6.17. The Balaban J connectivity index is 0. The van der Waals surface area contributed by atoms with Crippen LogP contribution in [0.5, 0.6) is 0 Å². The summed E-state index contributed by atoms with van der Waals surface area (Å²) in [4.78, 5) is 11.7. The van der Waals surface area contributed by atoms with Crippen LogP contribution in [0.15, 0.2) is 30.3 Å². The number of carbonyl (C=O) groups excluding carboxylic acids is 1. The lowest BCUT2D eigenvalue weighted by Crippen LogP contribution is -2.41. The molecule has 0 fully saturated rings. The van der Waals surface area contributed by atoms with Gasteiger partial charge in [-0.3, -0.25) is 4.79 Å². The minimum absolute atomic E-state index is 0. The second-order valence-electron chi connectivity index (χ2n) is 5.17. The zero-order valence-electron chi connectivity index (χ0n) is 12.7. The molecule has 0 aliphatic rings. The van der Waals surface area contributed by atoms with E-state index in [1.165, 1.54) is 0 Å². The van der Waals surface area contributed by atoms with Crippen molar-refractivity contribution in [1.82, 2.24) is 5.32 Å². The van der Waals surface area contributed by atoms with Gasteiger partial charge in [0.2, 0.25) is 5.91 Å². The van der Waals surface area contributed by atoms with Crippen LogP contribution in [0.1, 0.15) is 26.7 Å². The first kappa shape index (κ1) is 22.3. The molecule has 0 spiro atoms. The number of hydrogen-bond donors (Lipinski definition) is 3. The fourth-order valence-electron chi connectivity index (χ4n) is 1.83. The molecule has 4 N–H and O–H groups in total. The van der Waals surface area contributed by atoms with Gasteiger partial charge in [0.1, 0.15) is 0 Å². The second-order valence-corrected chi connectivity index (χ2v) is 5.17. The molecule has 0 aliphatic heterocycles. The van der Waals surface area contributed by atoms with Gasteiger partial charge in [0.25, 0.3) is 0 Å². The van der Waals surface area contributed by atoms with Crippen LogP contribution in [0.4, 0.5) is 5.69 Å². The van der Waals surface area contributed by atoms with Crippen LogP contribution in [0.3, 0.4) is 0 Å². The van der Waals surface area contributed by atoms with Gasteiger partial charge < -0.3 is 16.4 Å². The first-order chi connectivity index (χ1) is 9.09. The van der Waals surface area contributed by atoms with Crippen molar-refractivity contribution < 1.29 is 4.79 Å². The molecule has 0 saturated carbocycles. The third-order valence-corrected chi connectivity index (χ3v) is 2.82. The maximum absolute atomic E-state index is 11.7. The molecule has 1 amide bonds. The highest BCUT2D eigenvalue weighted by Gasteiger charge is 2.13. The minimum Gasteiger partial charge on any atom is -0.385 e. The summed E-state index contributed by atoms with van der Waals surface area (Å²) in [5.41, 5.74) is 6.90. The highest BCUT2D eigenvalue weighted by atomic mass is 35.5. The van der Waals surface area contributed by atoms with E-state index in [-0.39, 0.29) is 36.8 Å². The minimum atomic E-state index is -0.387. The van der Waals surface area contributed by atoms with Crippen LogP contribution in [-0.4, -0.2) is 25.0 Å². The Kier molecular flexibility index (Phi) is 13.5. The lowest BCUT2D eigenvalue weighted by molar-refractivity contribution is -0.122. The number of benzene rings is 1. The topological polar surface area (TPSA) is 67.2 Å². The molecular weight excluding hydrogens is 309 g/mol.